The molecule has 0 spiro atoms. The minimum atomic E-state index is 0.487. The molecule has 14 heavy (non-hydrogen) atoms. The molecule has 0 aromatic rings. The van der Waals surface area contributed by atoms with Gasteiger partial charge in [-0.1, -0.05) is 52.0 Å². The van der Waals surface area contributed by atoms with Crippen molar-refractivity contribution < 1.29 is 0 Å². The summed E-state index contributed by atoms with van der Waals surface area (Å²) in [7, 11) is 2.31. The van der Waals surface area contributed by atoms with E-state index in [1.54, 1.807) is 5.57 Å². The normalized spacial score (nSPS) is 25.5. The van der Waals surface area contributed by atoms with Crippen molar-refractivity contribution in [1.82, 2.24) is 0 Å². The molecular formula is C13H24B. The molecule has 0 aromatic heterocycles. The monoisotopic (exact) mass is 191 g/mol. The van der Waals surface area contributed by atoms with Crippen LogP contribution in [0.3, 0.4) is 0 Å². The molecular weight excluding hydrogens is 167 g/mol. The van der Waals surface area contributed by atoms with Crippen LogP contribution < -0.4 is 0 Å². The quantitative estimate of drug-likeness (QED) is 0.450. The van der Waals surface area contributed by atoms with Gasteiger partial charge in [-0.25, -0.2) is 0 Å². The highest BCUT2D eigenvalue weighted by molar-refractivity contribution is 6.36. The Kier molecular flexibility index (Phi) is 3.86. The van der Waals surface area contributed by atoms with Crippen molar-refractivity contribution in [2.75, 3.05) is 0 Å². The van der Waals surface area contributed by atoms with Crippen LogP contribution in [0.2, 0.25) is 12.6 Å². The second-order valence-corrected chi connectivity index (χ2v) is 5.74. The highest BCUT2D eigenvalue weighted by atomic mass is 14.3. The Labute approximate surface area is 90.4 Å². The smallest absolute Gasteiger partial charge is 0.0914 e. The molecule has 0 fully saturated rings. The first-order valence-corrected chi connectivity index (χ1v) is 5.93. The number of allylic oxidation sites excluding steroid dienone is 2. The molecule has 0 amide bonds. The van der Waals surface area contributed by atoms with Gasteiger partial charge in [0.05, 0.1) is 0 Å². The van der Waals surface area contributed by atoms with Gasteiger partial charge >= 0.3 is 0 Å². The van der Waals surface area contributed by atoms with Crippen LogP contribution in [0.15, 0.2) is 11.6 Å². The summed E-state index contributed by atoms with van der Waals surface area (Å²) in [5.41, 5.74) is 2.15. The average Bonchev–Trinajstić information content (AvgIpc) is 2.15. The fraction of sp³-hybridized carbons (Fsp3) is 0.846. The Balaban J connectivity index is 2.55. The van der Waals surface area contributed by atoms with Crippen LogP contribution in [0, 0.1) is 11.3 Å². The summed E-state index contributed by atoms with van der Waals surface area (Å²) in [6.45, 7) is 11.6. The average molecular weight is 191 g/mol. The lowest BCUT2D eigenvalue weighted by Crippen LogP contribution is -2.22. The zero-order valence-electron chi connectivity index (χ0n) is 10.4. The third-order valence-electron chi connectivity index (χ3n) is 3.76. The molecule has 1 rings (SSSR count). The maximum absolute atomic E-state index is 2.49. The van der Waals surface area contributed by atoms with E-state index in [2.05, 4.69) is 47.9 Å². The molecule has 0 nitrogen and oxygen atoms in total. The molecule has 1 aliphatic carbocycles. The van der Waals surface area contributed by atoms with Crippen LogP contribution >= 0.6 is 0 Å². The molecule has 0 saturated heterocycles. The standard InChI is InChI=1S/C13H24B/c1-10(14-5)11-6-8-12(9-7-11)13(2,3)4/h6,10,12H,7-9H2,1-5H3. The van der Waals surface area contributed by atoms with E-state index in [1.807, 2.05) is 0 Å². The molecule has 1 aliphatic rings. The van der Waals surface area contributed by atoms with E-state index in [1.165, 1.54) is 19.3 Å². The summed E-state index contributed by atoms with van der Waals surface area (Å²) >= 11 is 0. The molecule has 2 atom stereocenters. The predicted octanol–water partition coefficient (Wildman–Crippen LogP) is 4.32. The third kappa shape index (κ3) is 2.90. The molecule has 0 saturated carbocycles. The summed E-state index contributed by atoms with van der Waals surface area (Å²) in [5, 5.41) is 0. The van der Waals surface area contributed by atoms with Crippen LogP contribution in [0.25, 0.3) is 0 Å². The van der Waals surface area contributed by atoms with Gasteiger partial charge < -0.3 is 0 Å². The lowest BCUT2D eigenvalue weighted by molar-refractivity contribution is 0.220. The van der Waals surface area contributed by atoms with Crippen molar-refractivity contribution in [1.29, 1.82) is 0 Å². The Morgan fingerprint density at radius 1 is 1.43 bits per heavy atom. The summed E-state index contributed by atoms with van der Waals surface area (Å²) in [5.74, 6) is 1.58. The Bertz CT molecular complexity index is 210. The van der Waals surface area contributed by atoms with Crippen molar-refractivity contribution in [2.45, 2.75) is 59.6 Å². The molecule has 79 valence electrons. The van der Waals surface area contributed by atoms with E-state index in [4.69, 9.17) is 0 Å². The van der Waals surface area contributed by atoms with Crippen molar-refractivity contribution in [3.8, 4) is 0 Å². The topological polar surface area (TPSA) is 0 Å². The number of hydrogen-bond donors (Lipinski definition) is 0. The summed E-state index contributed by atoms with van der Waals surface area (Å²) in [6, 6.07) is 0. The Hall–Kier alpha value is -0.195. The van der Waals surface area contributed by atoms with Crippen molar-refractivity contribution in [3.05, 3.63) is 11.6 Å². The maximum Gasteiger partial charge on any atom is 0.115 e. The van der Waals surface area contributed by atoms with Crippen LogP contribution in [-0.4, -0.2) is 7.28 Å². The van der Waals surface area contributed by atoms with Crippen LogP contribution in [0.4, 0.5) is 0 Å². The maximum atomic E-state index is 2.49. The van der Waals surface area contributed by atoms with E-state index in [0.717, 1.165) is 5.92 Å². The Morgan fingerprint density at radius 2 is 2.07 bits per heavy atom. The molecule has 0 aromatic carbocycles. The first-order chi connectivity index (χ1) is 6.45. The fourth-order valence-corrected chi connectivity index (χ4v) is 2.27. The zero-order chi connectivity index (χ0) is 10.8. The van der Waals surface area contributed by atoms with Crippen LogP contribution in [0.5, 0.6) is 0 Å². The van der Waals surface area contributed by atoms with E-state index >= 15 is 0 Å². The lowest BCUT2D eigenvalue weighted by Gasteiger charge is -2.34. The lowest BCUT2D eigenvalue weighted by atomic mass is 9.61. The van der Waals surface area contributed by atoms with Gasteiger partial charge in [0, 0.05) is 0 Å². The minimum Gasteiger partial charge on any atom is -0.0914 e. The summed E-state index contributed by atoms with van der Waals surface area (Å²) < 4.78 is 0. The van der Waals surface area contributed by atoms with E-state index < -0.39 is 0 Å². The van der Waals surface area contributed by atoms with Gasteiger partial charge in [-0.05, 0) is 30.6 Å². The molecule has 1 heteroatoms. The zero-order valence-corrected chi connectivity index (χ0v) is 10.4. The predicted molar refractivity (Wildman–Crippen MR) is 65.9 cm³/mol. The van der Waals surface area contributed by atoms with Gasteiger partial charge in [-0.15, -0.1) is 0 Å². The SMILES string of the molecule is C[B]C(C)C1=CCC(C(C)(C)C)CC1. The fourth-order valence-electron chi connectivity index (χ4n) is 2.27. The second-order valence-electron chi connectivity index (χ2n) is 5.74. The van der Waals surface area contributed by atoms with E-state index in [9.17, 15) is 0 Å². The van der Waals surface area contributed by atoms with Crippen molar-refractivity contribution >= 4 is 7.28 Å². The number of hydrogen-bond acceptors (Lipinski definition) is 0. The molecule has 0 aliphatic heterocycles. The third-order valence-corrected chi connectivity index (χ3v) is 3.76. The highest BCUT2D eigenvalue weighted by Crippen LogP contribution is 2.39. The van der Waals surface area contributed by atoms with Gasteiger partial charge in [-0.3, -0.25) is 0 Å². The van der Waals surface area contributed by atoms with Crippen molar-refractivity contribution in [2.24, 2.45) is 11.3 Å². The largest absolute Gasteiger partial charge is 0.115 e. The minimum absolute atomic E-state index is 0.487. The van der Waals surface area contributed by atoms with Gasteiger partial charge in [0.15, 0.2) is 0 Å². The summed E-state index contributed by atoms with van der Waals surface area (Å²) in [6.07, 6.45) is 6.47. The molecule has 0 heterocycles. The van der Waals surface area contributed by atoms with Gasteiger partial charge in [-0.2, -0.15) is 0 Å². The molecule has 0 N–H and O–H groups in total. The number of rotatable bonds is 2. The van der Waals surface area contributed by atoms with E-state index in [0.29, 0.717) is 11.2 Å². The van der Waals surface area contributed by atoms with Gasteiger partial charge in [0.2, 0.25) is 0 Å². The van der Waals surface area contributed by atoms with Gasteiger partial charge in [0.25, 0.3) is 0 Å². The van der Waals surface area contributed by atoms with Gasteiger partial charge in [0.1, 0.15) is 7.28 Å². The molecule has 0 bridgehead atoms. The Morgan fingerprint density at radius 3 is 2.43 bits per heavy atom. The van der Waals surface area contributed by atoms with Crippen LogP contribution in [-0.2, 0) is 0 Å². The highest BCUT2D eigenvalue weighted by Gasteiger charge is 2.26. The first-order valence-electron chi connectivity index (χ1n) is 5.93. The van der Waals surface area contributed by atoms with Crippen molar-refractivity contribution in [3.63, 3.8) is 0 Å². The second kappa shape index (κ2) is 4.55. The first kappa shape index (κ1) is 11.9. The van der Waals surface area contributed by atoms with Crippen LogP contribution in [0.1, 0.15) is 47.0 Å². The van der Waals surface area contributed by atoms with E-state index in [-0.39, 0.29) is 0 Å². The molecule has 2 unspecified atom stereocenters. The summed E-state index contributed by atoms with van der Waals surface area (Å²) in [4.78, 5) is 0. The molecule has 1 radical (unpaired) electrons.